The zero-order valence-electron chi connectivity index (χ0n) is 10.9. The molecular weight excluding hydrogens is 258 g/mol. The number of hydrogen-bond donors (Lipinski definition) is 1. The largest absolute Gasteiger partial charge is 0.354 e. The van der Waals surface area contributed by atoms with E-state index < -0.39 is 0 Å². The maximum absolute atomic E-state index is 4.35. The van der Waals surface area contributed by atoms with Crippen molar-refractivity contribution in [2.75, 3.05) is 11.9 Å². The minimum atomic E-state index is 0.403. The summed E-state index contributed by atoms with van der Waals surface area (Å²) in [4.78, 5) is 20.9. The Hall–Kier alpha value is -2.84. The first-order valence-corrected chi connectivity index (χ1v) is 6.20. The van der Waals surface area contributed by atoms with Crippen molar-refractivity contribution in [3.05, 3.63) is 31.4 Å². The van der Waals surface area contributed by atoms with Crippen molar-refractivity contribution >= 4 is 5.95 Å². The fourth-order valence-electron chi connectivity index (χ4n) is 1.58. The van der Waals surface area contributed by atoms with Crippen molar-refractivity contribution < 1.29 is 0 Å². The summed E-state index contributed by atoms with van der Waals surface area (Å²) >= 11 is 0. The Morgan fingerprint density at radius 3 is 2.70 bits per heavy atom. The van der Waals surface area contributed by atoms with Gasteiger partial charge in [-0.1, -0.05) is 6.92 Å². The van der Waals surface area contributed by atoms with Crippen LogP contribution in [0.25, 0.3) is 11.9 Å². The number of nitrogens with zero attached hydrogens (tertiary/aromatic N) is 8. The summed E-state index contributed by atoms with van der Waals surface area (Å²) in [7, 11) is 0. The summed E-state index contributed by atoms with van der Waals surface area (Å²) in [5.41, 5.74) is 0. The van der Waals surface area contributed by atoms with Crippen LogP contribution in [-0.2, 0) is 0 Å². The van der Waals surface area contributed by atoms with Crippen LogP contribution in [0.15, 0.2) is 31.4 Å². The Bertz CT molecular complexity index is 607. The Balaban J connectivity index is 2.03. The lowest BCUT2D eigenvalue weighted by Crippen LogP contribution is -2.13. The molecule has 3 heterocycles. The molecule has 20 heavy (non-hydrogen) atoms. The first-order valence-electron chi connectivity index (χ1n) is 6.20. The Kier molecular flexibility index (Phi) is 3.31. The van der Waals surface area contributed by atoms with Crippen molar-refractivity contribution in [1.82, 2.24) is 39.3 Å². The van der Waals surface area contributed by atoms with E-state index in [0.29, 0.717) is 17.8 Å². The molecule has 0 spiro atoms. The normalized spacial score (nSPS) is 10.7. The highest BCUT2D eigenvalue weighted by atomic mass is 15.4. The van der Waals surface area contributed by atoms with Crippen molar-refractivity contribution in [3.8, 4) is 11.9 Å². The van der Waals surface area contributed by atoms with Crippen LogP contribution in [0.4, 0.5) is 5.95 Å². The molecule has 3 aromatic heterocycles. The van der Waals surface area contributed by atoms with Crippen molar-refractivity contribution in [3.63, 3.8) is 0 Å². The van der Waals surface area contributed by atoms with E-state index in [1.54, 1.807) is 23.3 Å². The van der Waals surface area contributed by atoms with E-state index in [-0.39, 0.29) is 0 Å². The summed E-state index contributed by atoms with van der Waals surface area (Å²) in [6.07, 6.45) is 9.01. The first kappa shape index (κ1) is 12.2. The average Bonchev–Trinajstić information content (AvgIpc) is 3.17. The number of hydrogen-bond acceptors (Lipinski definition) is 7. The molecule has 0 saturated carbocycles. The first-order chi connectivity index (χ1) is 9.86. The van der Waals surface area contributed by atoms with Crippen LogP contribution in [0.5, 0.6) is 0 Å². The van der Waals surface area contributed by atoms with Gasteiger partial charge in [0.15, 0.2) is 0 Å². The SMILES string of the molecule is CCCNc1nc(-n2ccnc2)nc(-n2cncn2)n1. The molecule has 102 valence electrons. The van der Waals surface area contributed by atoms with Gasteiger partial charge in [-0.2, -0.15) is 24.7 Å². The van der Waals surface area contributed by atoms with Crippen molar-refractivity contribution in [2.24, 2.45) is 0 Å². The molecule has 3 rings (SSSR count). The molecule has 0 radical (unpaired) electrons. The molecule has 0 aliphatic carbocycles. The van der Waals surface area contributed by atoms with Crippen molar-refractivity contribution in [1.29, 1.82) is 0 Å². The van der Waals surface area contributed by atoms with Crippen LogP contribution in [0, 0.1) is 0 Å². The lowest BCUT2D eigenvalue weighted by Gasteiger charge is -2.08. The highest BCUT2D eigenvalue weighted by Crippen LogP contribution is 2.08. The van der Waals surface area contributed by atoms with E-state index in [1.807, 2.05) is 0 Å². The summed E-state index contributed by atoms with van der Waals surface area (Å²) in [5, 5.41) is 7.17. The monoisotopic (exact) mass is 271 g/mol. The third kappa shape index (κ3) is 2.46. The maximum atomic E-state index is 4.35. The lowest BCUT2D eigenvalue weighted by atomic mass is 10.5. The Labute approximate surface area is 114 Å². The predicted octanol–water partition coefficient (Wildman–Crippen LogP) is 0.460. The molecule has 1 N–H and O–H groups in total. The van der Waals surface area contributed by atoms with Gasteiger partial charge in [0.05, 0.1) is 0 Å². The van der Waals surface area contributed by atoms with E-state index in [4.69, 9.17) is 0 Å². The van der Waals surface area contributed by atoms with Gasteiger partial charge < -0.3 is 5.32 Å². The molecule has 0 bridgehead atoms. The fourth-order valence-corrected chi connectivity index (χ4v) is 1.58. The third-order valence-corrected chi connectivity index (χ3v) is 2.50. The van der Waals surface area contributed by atoms with Crippen LogP contribution < -0.4 is 5.32 Å². The lowest BCUT2D eigenvalue weighted by molar-refractivity contribution is 0.771. The molecule has 9 nitrogen and oxygen atoms in total. The average molecular weight is 271 g/mol. The van der Waals surface area contributed by atoms with Crippen LogP contribution >= 0.6 is 0 Å². The zero-order chi connectivity index (χ0) is 13.8. The summed E-state index contributed by atoms with van der Waals surface area (Å²) < 4.78 is 3.19. The minimum absolute atomic E-state index is 0.403. The highest BCUT2D eigenvalue weighted by Gasteiger charge is 2.09. The van der Waals surface area contributed by atoms with E-state index in [9.17, 15) is 0 Å². The van der Waals surface area contributed by atoms with Crippen LogP contribution in [0.2, 0.25) is 0 Å². The number of rotatable bonds is 5. The van der Waals surface area contributed by atoms with Crippen LogP contribution in [0.1, 0.15) is 13.3 Å². The Morgan fingerprint density at radius 2 is 2.00 bits per heavy atom. The highest BCUT2D eigenvalue weighted by molar-refractivity contribution is 5.32. The summed E-state index contributed by atoms with van der Waals surface area (Å²) in [6, 6.07) is 0. The van der Waals surface area contributed by atoms with Gasteiger partial charge in [0.25, 0.3) is 5.95 Å². The van der Waals surface area contributed by atoms with E-state index in [1.165, 1.54) is 17.3 Å². The van der Waals surface area contributed by atoms with Gasteiger partial charge in [-0.25, -0.2) is 9.97 Å². The zero-order valence-corrected chi connectivity index (χ0v) is 10.9. The molecule has 0 fully saturated rings. The van der Waals surface area contributed by atoms with Crippen molar-refractivity contribution in [2.45, 2.75) is 13.3 Å². The van der Waals surface area contributed by atoms with Gasteiger partial charge >= 0.3 is 0 Å². The molecule has 0 aliphatic rings. The number of imidazole rings is 1. The number of aromatic nitrogens is 8. The molecule has 0 aliphatic heterocycles. The summed E-state index contributed by atoms with van der Waals surface area (Å²) in [5.74, 6) is 1.37. The van der Waals surface area contributed by atoms with E-state index >= 15 is 0 Å². The molecule has 0 saturated heterocycles. The quantitative estimate of drug-likeness (QED) is 0.719. The number of anilines is 1. The van der Waals surface area contributed by atoms with Gasteiger partial charge in [-0.15, -0.1) is 0 Å². The second kappa shape index (κ2) is 5.43. The fraction of sp³-hybridized carbons (Fsp3) is 0.273. The molecular formula is C11H13N9. The molecule has 3 aromatic rings. The number of nitrogens with one attached hydrogen (secondary N) is 1. The maximum Gasteiger partial charge on any atom is 0.258 e. The van der Waals surface area contributed by atoms with Gasteiger partial charge in [-0.3, -0.25) is 4.57 Å². The molecule has 0 aromatic carbocycles. The summed E-state index contributed by atoms with van der Waals surface area (Å²) in [6.45, 7) is 2.85. The van der Waals surface area contributed by atoms with Gasteiger partial charge in [0.1, 0.15) is 19.0 Å². The second-order valence-corrected chi connectivity index (χ2v) is 4.00. The van der Waals surface area contributed by atoms with E-state index in [2.05, 4.69) is 42.3 Å². The smallest absolute Gasteiger partial charge is 0.258 e. The molecule has 0 unspecified atom stereocenters. The Morgan fingerprint density at radius 1 is 1.10 bits per heavy atom. The molecule has 0 amide bonds. The minimum Gasteiger partial charge on any atom is -0.354 e. The third-order valence-electron chi connectivity index (χ3n) is 2.50. The van der Waals surface area contributed by atoms with Gasteiger partial charge in [0, 0.05) is 18.9 Å². The van der Waals surface area contributed by atoms with Crippen LogP contribution in [0.3, 0.4) is 0 Å². The topological polar surface area (TPSA) is 99.2 Å². The standard InChI is InChI=1S/C11H13N9/c1-2-3-14-9-16-10(19-5-4-12-7-19)18-11(17-9)20-8-13-6-15-20/h4-8H,2-3H2,1H3,(H,14,16,17,18). The van der Waals surface area contributed by atoms with E-state index in [0.717, 1.165) is 13.0 Å². The molecule has 0 atom stereocenters. The second-order valence-electron chi connectivity index (χ2n) is 4.00. The van der Waals surface area contributed by atoms with Gasteiger partial charge in [-0.05, 0) is 6.42 Å². The molecule has 9 heteroatoms. The van der Waals surface area contributed by atoms with Gasteiger partial charge in [0.2, 0.25) is 11.9 Å². The predicted molar refractivity (Wildman–Crippen MR) is 70.6 cm³/mol. The van der Waals surface area contributed by atoms with Crippen LogP contribution in [-0.4, -0.2) is 45.8 Å².